The lowest BCUT2D eigenvalue weighted by molar-refractivity contribution is -0.427. The van der Waals surface area contributed by atoms with Gasteiger partial charge in [0.2, 0.25) is 0 Å². The largest absolute Gasteiger partial charge is 0.469 e. The van der Waals surface area contributed by atoms with Gasteiger partial charge in [0, 0.05) is 6.42 Å². The van der Waals surface area contributed by atoms with Crippen molar-refractivity contribution in [3.8, 4) is 0 Å². The molecule has 7 nitrogen and oxygen atoms in total. The van der Waals surface area contributed by atoms with E-state index in [1.807, 2.05) is 0 Å². The quantitative estimate of drug-likeness (QED) is 0.288. The number of esters is 2. The molecule has 0 bridgehead atoms. The van der Waals surface area contributed by atoms with Gasteiger partial charge >= 0.3 is 11.9 Å². The van der Waals surface area contributed by atoms with Crippen LogP contribution in [0.5, 0.6) is 0 Å². The van der Waals surface area contributed by atoms with E-state index >= 15 is 0 Å². The van der Waals surface area contributed by atoms with Gasteiger partial charge in [-0.25, -0.2) is 4.79 Å². The molecule has 0 radical (unpaired) electrons. The van der Waals surface area contributed by atoms with Crippen LogP contribution < -0.4 is 0 Å². The monoisotopic (exact) mass is 231 g/mol. The molecule has 90 valence electrons. The van der Waals surface area contributed by atoms with Gasteiger partial charge in [-0.2, -0.15) is 0 Å². The summed E-state index contributed by atoms with van der Waals surface area (Å²) in [5, 5.41) is 10.5. The first-order valence-electron chi connectivity index (χ1n) is 4.59. The standard InChI is InChI=1S/C9H13NO6/c1-3-16-9(12)6-7(10(13)14)4-5-8(11)15-2/h6H,3-5H2,1-2H3/b7-6+. The minimum absolute atomic E-state index is 0.136. The third kappa shape index (κ3) is 5.74. The molecule has 0 atom stereocenters. The van der Waals surface area contributed by atoms with Gasteiger partial charge in [-0.05, 0) is 6.92 Å². The van der Waals surface area contributed by atoms with Crippen molar-refractivity contribution in [2.45, 2.75) is 19.8 Å². The molecule has 0 fully saturated rings. The number of hydrogen-bond acceptors (Lipinski definition) is 6. The molecule has 0 saturated heterocycles. The number of allylic oxidation sites excluding steroid dienone is 1. The second-order valence-electron chi connectivity index (χ2n) is 2.72. The van der Waals surface area contributed by atoms with Crippen molar-refractivity contribution >= 4 is 11.9 Å². The van der Waals surface area contributed by atoms with Crippen LogP contribution in [0.4, 0.5) is 0 Å². The van der Waals surface area contributed by atoms with Crippen molar-refractivity contribution in [3.63, 3.8) is 0 Å². The Balaban J connectivity index is 4.44. The summed E-state index contributed by atoms with van der Waals surface area (Å²) < 4.78 is 8.85. The van der Waals surface area contributed by atoms with Crippen LogP contribution in [0.2, 0.25) is 0 Å². The summed E-state index contributed by atoms with van der Waals surface area (Å²) in [5.41, 5.74) is -0.371. The Bertz CT molecular complexity index is 309. The molecule has 7 heteroatoms. The molecule has 0 aliphatic carbocycles. The van der Waals surface area contributed by atoms with Crippen LogP contribution in [0, 0.1) is 10.1 Å². The SMILES string of the molecule is CCOC(=O)/C=C(\CCC(=O)OC)[N+](=O)[O-]. The van der Waals surface area contributed by atoms with E-state index in [1.54, 1.807) is 6.92 Å². The fourth-order valence-corrected chi connectivity index (χ4v) is 0.868. The molecular formula is C9H13NO6. The lowest BCUT2D eigenvalue weighted by Crippen LogP contribution is -2.08. The van der Waals surface area contributed by atoms with E-state index < -0.39 is 16.9 Å². The number of carbonyl (C=O) groups is 2. The van der Waals surface area contributed by atoms with Crippen molar-refractivity contribution in [2.75, 3.05) is 13.7 Å². The lowest BCUT2D eigenvalue weighted by Gasteiger charge is -1.99. The Labute approximate surface area is 92.2 Å². The van der Waals surface area contributed by atoms with Crippen LogP contribution in [-0.2, 0) is 19.1 Å². The van der Waals surface area contributed by atoms with Crippen molar-refractivity contribution < 1.29 is 24.0 Å². The maximum atomic E-state index is 11.0. The third-order valence-corrected chi connectivity index (χ3v) is 1.62. The molecule has 0 aliphatic heterocycles. The number of methoxy groups -OCH3 is 1. The smallest absolute Gasteiger partial charge is 0.337 e. The number of hydrogen-bond donors (Lipinski definition) is 0. The molecule has 0 spiro atoms. The summed E-state index contributed by atoms with van der Waals surface area (Å²) in [4.78, 5) is 31.5. The van der Waals surface area contributed by atoms with E-state index in [9.17, 15) is 19.7 Å². The average molecular weight is 231 g/mol. The number of nitro groups is 1. The van der Waals surface area contributed by atoms with Crippen molar-refractivity contribution in [1.29, 1.82) is 0 Å². The summed E-state index contributed by atoms with van der Waals surface area (Å²) in [6, 6.07) is 0. The number of ether oxygens (including phenoxy) is 2. The molecule has 0 aromatic heterocycles. The summed E-state index contributed by atoms with van der Waals surface area (Å²) >= 11 is 0. The van der Waals surface area contributed by atoms with E-state index in [1.165, 1.54) is 7.11 Å². The molecule has 0 rings (SSSR count). The third-order valence-electron chi connectivity index (χ3n) is 1.62. The first-order chi connectivity index (χ1) is 7.51. The highest BCUT2D eigenvalue weighted by Gasteiger charge is 2.16. The molecule has 0 aromatic rings. The number of carbonyl (C=O) groups excluding carboxylic acids is 2. The number of nitrogens with zero attached hydrogens (tertiary/aromatic N) is 1. The maximum absolute atomic E-state index is 11.0. The molecule has 0 saturated carbocycles. The van der Waals surface area contributed by atoms with Crippen LogP contribution in [-0.4, -0.2) is 30.6 Å². The van der Waals surface area contributed by atoms with Crippen LogP contribution >= 0.6 is 0 Å². The van der Waals surface area contributed by atoms with E-state index in [2.05, 4.69) is 9.47 Å². The predicted molar refractivity (Wildman–Crippen MR) is 53.0 cm³/mol. The Morgan fingerprint density at radius 3 is 2.44 bits per heavy atom. The fraction of sp³-hybridized carbons (Fsp3) is 0.556. The zero-order valence-electron chi connectivity index (χ0n) is 9.10. The fourth-order valence-electron chi connectivity index (χ4n) is 0.868. The Morgan fingerprint density at radius 1 is 1.38 bits per heavy atom. The van der Waals surface area contributed by atoms with Crippen molar-refractivity contribution in [3.05, 3.63) is 21.9 Å². The lowest BCUT2D eigenvalue weighted by atomic mass is 10.2. The molecule has 0 unspecified atom stereocenters. The highest BCUT2D eigenvalue weighted by molar-refractivity contribution is 5.82. The molecule has 0 amide bonds. The summed E-state index contributed by atoms with van der Waals surface area (Å²) in [6.45, 7) is 1.73. The van der Waals surface area contributed by atoms with Crippen molar-refractivity contribution in [1.82, 2.24) is 0 Å². The van der Waals surface area contributed by atoms with Crippen LogP contribution in [0.3, 0.4) is 0 Å². The molecule has 0 aromatic carbocycles. The van der Waals surface area contributed by atoms with Gasteiger partial charge in [0.1, 0.15) is 0 Å². The van der Waals surface area contributed by atoms with Gasteiger partial charge in [0.15, 0.2) is 0 Å². The minimum atomic E-state index is -0.793. The number of rotatable bonds is 6. The second-order valence-corrected chi connectivity index (χ2v) is 2.72. The highest BCUT2D eigenvalue weighted by Crippen LogP contribution is 2.07. The van der Waals surface area contributed by atoms with Crippen molar-refractivity contribution in [2.24, 2.45) is 0 Å². The normalized spacial score (nSPS) is 10.8. The average Bonchev–Trinajstić information content (AvgIpc) is 2.23. The molecule has 0 heterocycles. The maximum Gasteiger partial charge on any atom is 0.337 e. The molecule has 0 N–H and O–H groups in total. The second kappa shape index (κ2) is 7.38. The Kier molecular flexibility index (Phi) is 6.50. The summed E-state index contributed by atoms with van der Waals surface area (Å²) in [5.74, 6) is -1.37. The van der Waals surface area contributed by atoms with Gasteiger partial charge < -0.3 is 9.47 Å². The summed E-state index contributed by atoms with van der Waals surface area (Å²) in [6.07, 6.45) is 0.452. The van der Waals surface area contributed by atoms with Gasteiger partial charge in [-0.3, -0.25) is 14.9 Å². The van der Waals surface area contributed by atoms with Crippen LogP contribution in [0.25, 0.3) is 0 Å². The first kappa shape index (κ1) is 14.1. The van der Waals surface area contributed by atoms with E-state index in [-0.39, 0.29) is 25.1 Å². The van der Waals surface area contributed by atoms with E-state index in [0.29, 0.717) is 0 Å². The zero-order chi connectivity index (χ0) is 12.6. The summed E-state index contributed by atoms with van der Waals surface area (Å²) in [7, 11) is 1.18. The van der Waals surface area contributed by atoms with Gasteiger partial charge in [0.05, 0.1) is 31.1 Å². The van der Waals surface area contributed by atoms with E-state index in [0.717, 1.165) is 6.08 Å². The highest BCUT2D eigenvalue weighted by atomic mass is 16.6. The molecule has 0 aliphatic rings. The topological polar surface area (TPSA) is 95.7 Å². The van der Waals surface area contributed by atoms with Gasteiger partial charge in [0.25, 0.3) is 5.70 Å². The first-order valence-corrected chi connectivity index (χ1v) is 4.59. The zero-order valence-corrected chi connectivity index (χ0v) is 9.10. The Morgan fingerprint density at radius 2 is 2.00 bits per heavy atom. The molecular weight excluding hydrogens is 218 g/mol. The Hall–Kier alpha value is -1.92. The van der Waals surface area contributed by atoms with Crippen LogP contribution in [0.1, 0.15) is 19.8 Å². The van der Waals surface area contributed by atoms with Crippen LogP contribution in [0.15, 0.2) is 11.8 Å². The molecule has 16 heavy (non-hydrogen) atoms. The van der Waals surface area contributed by atoms with Gasteiger partial charge in [-0.15, -0.1) is 0 Å². The minimum Gasteiger partial charge on any atom is -0.469 e. The van der Waals surface area contributed by atoms with Gasteiger partial charge in [-0.1, -0.05) is 0 Å². The van der Waals surface area contributed by atoms with E-state index in [4.69, 9.17) is 0 Å². The predicted octanol–water partition coefficient (Wildman–Crippen LogP) is 0.663.